The molecule has 6 aromatic rings. The van der Waals surface area contributed by atoms with E-state index in [9.17, 15) is 43.2 Å². The maximum atomic E-state index is 14.6. The summed E-state index contributed by atoms with van der Waals surface area (Å²) in [7, 11) is -5.56. The molecular weight excluding hydrogens is 859 g/mol. The molecular formula is C37H38F6N10O6S2. The van der Waals surface area contributed by atoms with Gasteiger partial charge in [0.1, 0.15) is 23.3 Å². The van der Waals surface area contributed by atoms with E-state index in [1.54, 1.807) is 38.1 Å². The molecule has 0 spiro atoms. The smallest absolute Gasteiger partial charge is 0.314 e. The van der Waals surface area contributed by atoms with Gasteiger partial charge in [-0.15, -0.1) is 20.4 Å². The summed E-state index contributed by atoms with van der Waals surface area (Å²) in [6.45, 7) is 3.47. The Morgan fingerprint density at radius 3 is 1.43 bits per heavy atom. The molecule has 6 rings (SSSR count). The van der Waals surface area contributed by atoms with E-state index < -0.39 is 68.1 Å². The Morgan fingerprint density at radius 2 is 1.07 bits per heavy atom. The Balaban J connectivity index is 0.000000231. The van der Waals surface area contributed by atoms with Gasteiger partial charge < -0.3 is 8.83 Å². The average Bonchev–Trinajstić information content (AvgIpc) is 3.89. The first-order valence-electron chi connectivity index (χ1n) is 17.9. The molecule has 4 aromatic heterocycles. The summed E-state index contributed by atoms with van der Waals surface area (Å²) in [5.41, 5.74) is 2.62. The maximum Gasteiger partial charge on any atom is 0.314 e. The number of hydrogen-bond acceptors (Lipinski definition) is 14. The van der Waals surface area contributed by atoms with Crippen molar-refractivity contribution in [2.24, 2.45) is 0 Å². The van der Waals surface area contributed by atoms with Gasteiger partial charge in [0.05, 0.1) is 23.6 Å². The van der Waals surface area contributed by atoms with Crippen LogP contribution in [-0.4, -0.2) is 94.1 Å². The maximum absolute atomic E-state index is 14.6. The third kappa shape index (κ3) is 13.1. The molecule has 0 radical (unpaired) electrons. The van der Waals surface area contributed by atoms with Crippen LogP contribution in [0.2, 0.25) is 0 Å². The zero-order valence-electron chi connectivity index (χ0n) is 33.0. The molecule has 0 amide bonds. The standard InChI is InChI=1S/C19H20F3N5O3S.C18H18F3N5O3S/c1-11-4-5-14(15(20)6-11)12(10-27(2)31(3,28)29)7-16-23-8-13(9-24-16)18-25-26-19(30-18)17(21)22;1-10-3-4-13(14(19)5-10)11(9-24-30(2,27)28)6-15-22-7-12(8-23-15)17-25-26-18(29-17)16(20)21/h4-6,8-9,12,17H,7,10H2,1-3H3;3-5,7-8,11,16,24H,6,9H2,1-2H3. The fraction of sp³-hybridized carbons (Fsp3) is 0.351. The van der Waals surface area contributed by atoms with Crippen LogP contribution in [0.25, 0.3) is 22.9 Å². The normalized spacial score (nSPS) is 13.1. The summed E-state index contributed by atoms with van der Waals surface area (Å²) in [5.74, 6) is -3.35. The Labute approximate surface area is 346 Å². The predicted octanol–water partition coefficient (Wildman–Crippen LogP) is 5.92. The second-order valence-electron chi connectivity index (χ2n) is 13.8. The first kappa shape index (κ1) is 46.3. The molecule has 24 heteroatoms. The lowest BCUT2D eigenvalue weighted by molar-refractivity contribution is 0.115. The lowest BCUT2D eigenvalue weighted by atomic mass is 9.93. The van der Waals surface area contributed by atoms with Crippen molar-refractivity contribution in [2.45, 2.75) is 51.4 Å². The summed E-state index contributed by atoms with van der Waals surface area (Å²) in [6, 6.07) is 9.42. The van der Waals surface area contributed by atoms with Crippen LogP contribution in [0, 0.1) is 25.5 Å². The quantitative estimate of drug-likeness (QED) is 0.112. The van der Waals surface area contributed by atoms with Gasteiger partial charge in [0.15, 0.2) is 0 Å². The Morgan fingerprint density at radius 1 is 0.656 bits per heavy atom. The topological polar surface area (TPSA) is 213 Å². The highest BCUT2D eigenvalue weighted by Gasteiger charge is 2.25. The summed E-state index contributed by atoms with van der Waals surface area (Å²) in [5, 5.41) is 13.5. The Bertz CT molecular complexity index is 2640. The van der Waals surface area contributed by atoms with Gasteiger partial charge in [0.25, 0.3) is 23.6 Å². The van der Waals surface area contributed by atoms with Crippen molar-refractivity contribution in [3.63, 3.8) is 0 Å². The van der Waals surface area contributed by atoms with Crippen LogP contribution in [0.3, 0.4) is 0 Å². The zero-order valence-corrected chi connectivity index (χ0v) is 34.6. The van der Waals surface area contributed by atoms with Crippen LogP contribution in [-0.2, 0) is 32.9 Å². The summed E-state index contributed by atoms with van der Waals surface area (Å²) < 4.78 is 139. The molecule has 0 saturated carbocycles. The lowest BCUT2D eigenvalue weighted by Crippen LogP contribution is -2.31. The van der Waals surface area contributed by atoms with E-state index in [4.69, 9.17) is 8.83 Å². The highest BCUT2D eigenvalue weighted by Crippen LogP contribution is 2.28. The van der Waals surface area contributed by atoms with E-state index in [1.165, 1.54) is 44.0 Å². The average molecular weight is 897 g/mol. The minimum atomic E-state index is -3.49. The molecule has 61 heavy (non-hydrogen) atoms. The van der Waals surface area contributed by atoms with Gasteiger partial charge in [0.2, 0.25) is 20.0 Å². The largest absolute Gasteiger partial charge is 0.415 e. The number of nitrogens with one attached hydrogen (secondary N) is 1. The molecule has 326 valence electrons. The Hall–Kier alpha value is -5.72. The number of hydrogen-bond donors (Lipinski definition) is 1. The minimum absolute atomic E-state index is 0.0192. The number of sulfonamides is 2. The van der Waals surface area contributed by atoms with Crippen molar-refractivity contribution in [1.82, 2.24) is 49.4 Å². The first-order chi connectivity index (χ1) is 28.7. The zero-order chi connectivity index (χ0) is 44.6. The van der Waals surface area contributed by atoms with Crippen molar-refractivity contribution < 1.29 is 52.0 Å². The molecule has 2 atom stereocenters. The van der Waals surface area contributed by atoms with Crippen molar-refractivity contribution in [3.05, 3.63) is 119 Å². The number of rotatable bonds is 16. The van der Waals surface area contributed by atoms with Crippen LogP contribution in [0.5, 0.6) is 0 Å². The molecule has 1 N–H and O–H groups in total. The third-order valence-corrected chi connectivity index (χ3v) is 10.8. The van der Waals surface area contributed by atoms with Crippen LogP contribution < -0.4 is 4.72 Å². The van der Waals surface area contributed by atoms with Crippen LogP contribution in [0.4, 0.5) is 26.3 Å². The number of nitrogens with zero attached hydrogens (tertiary/aromatic N) is 9. The van der Waals surface area contributed by atoms with E-state index >= 15 is 0 Å². The van der Waals surface area contributed by atoms with Gasteiger partial charge in [-0.3, -0.25) is 0 Å². The fourth-order valence-corrected chi connectivity index (χ4v) is 6.60. The summed E-state index contributed by atoms with van der Waals surface area (Å²) in [4.78, 5) is 16.6. The minimum Gasteiger partial charge on any atom is -0.415 e. The van der Waals surface area contributed by atoms with E-state index in [0.717, 1.165) is 27.9 Å². The van der Waals surface area contributed by atoms with E-state index in [0.29, 0.717) is 22.8 Å². The summed E-state index contributed by atoms with van der Waals surface area (Å²) >= 11 is 0. The van der Waals surface area contributed by atoms with E-state index in [-0.39, 0.29) is 48.8 Å². The monoisotopic (exact) mass is 896 g/mol. The van der Waals surface area contributed by atoms with Crippen molar-refractivity contribution in [3.8, 4) is 22.9 Å². The Kier molecular flexibility index (Phi) is 15.0. The number of aryl methyl sites for hydroxylation is 2. The number of likely N-dealkylation sites (N-methyl/N-ethyl adjacent to an activating group) is 1. The second kappa shape index (κ2) is 19.8. The van der Waals surface area contributed by atoms with Gasteiger partial charge >= 0.3 is 12.9 Å². The molecule has 2 aromatic carbocycles. The molecule has 0 saturated heterocycles. The SMILES string of the molecule is Cc1ccc(C(CNS(C)(=O)=O)Cc2ncc(-c3nnc(C(F)F)o3)cn2)c(F)c1.Cc1ccc(C(Cc2ncc(-c3nnc(C(F)F)o3)cn2)CN(C)S(C)(=O)=O)c(F)c1. The van der Waals surface area contributed by atoms with Crippen molar-refractivity contribution in [2.75, 3.05) is 32.6 Å². The van der Waals surface area contributed by atoms with Gasteiger partial charge in [-0.25, -0.2) is 54.6 Å². The van der Waals surface area contributed by atoms with Crippen molar-refractivity contribution >= 4 is 20.0 Å². The van der Waals surface area contributed by atoms with E-state index in [1.807, 2.05) is 0 Å². The van der Waals surface area contributed by atoms with Crippen LogP contribution >= 0.6 is 0 Å². The summed E-state index contributed by atoms with van der Waals surface area (Å²) in [6.07, 6.45) is 1.87. The van der Waals surface area contributed by atoms with Gasteiger partial charge in [0, 0.05) is 69.6 Å². The van der Waals surface area contributed by atoms with Crippen LogP contribution in [0.15, 0.2) is 70.0 Å². The number of halogens is 6. The highest BCUT2D eigenvalue weighted by atomic mass is 32.2. The number of alkyl halides is 4. The highest BCUT2D eigenvalue weighted by molar-refractivity contribution is 7.88. The van der Waals surface area contributed by atoms with Gasteiger partial charge in [-0.05, 0) is 48.2 Å². The molecule has 0 fully saturated rings. The lowest BCUT2D eigenvalue weighted by Gasteiger charge is -2.23. The first-order valence-corrected chi connectivity index (χ1v) is 21.6. The molecule has 0 bridgehead atoms. The number of benzene rings is 2. The molecule has 0 aliphatic rings. The second-order valence-corrected chi connectivity index (χ2v) is 17.7. The number of aromatic nitrogens is 8. The van der Waals surface area contributed by atoms with Gasteiger partial charge in [-0.2, -0.15) is 17.6 Å². The molecule has 0 aliphatic carbocycles. The van der Waals surface area contributed by atoms with Crippen molar-refractivity contribution in [1.29, 1.82) is 0 Å². The molecule has 2 unspecified atom stereocenters. The third-order valence-electron chi connectivity index (χ3n) is 8.84. The van der Waals surface area contributed by atoms with Gasteiger partial charge in [-0.1, -0.05) is 24.3 Å². The predicted molar refractivity (Wildman–Crippen MR) is 206 cm³/mol. The molecule has 16 nitrogen and oxygen atoms in total. The molecule has 4 heterocycles. The van der Waals surface area contributed by atoms with E-state index in [2.05, 4.69) is 45.1 Å². The molecule has 0 aliphatic heterocycles. The fourth-order valence-electron chi connectivity index (χ4n) is 5.65. The van der Waals surface area contributed by atoms with Crippen LogP contribution in [0.1, 0.15) is 70.4 Å².